The molecule has 0 radical (unpaired) electrons. The standard InChI is InChI=1S/C9H15N5O2S/c1-5(2)14-4-11-13-9(14)17-6(3)7(15)12-8(10)16/h4-6H,1-3H3,(H3,10,12,15,16)/t6-/m1/s1. The van der Waals surface area contributed by atoms with Gasteiger partial charge in [-0.2, -0.15) is 0 Å². The van der Waals surface area contributed by atoms with Crippen molar-refractivity contribution in [2.24, 2.45) is 5.73 Å². The van der Waals surface area contributed by atoms with Gasteiger partial charge in [-0.25, -0.2) is 4.79 Å². The molecule has 0 aromatic carbocycles. The summed E-state index contributed by atoms with van der Waals surface area (Å²) in [5.41, 5.74) is 4.87. The first-order valence-electron chi connectivity index (χ1n) is 5.08. The number of primary amides is 1. The lowest BCUT2D eigenvalue weighted by atomic mass is 10.4. The van der Waals surface area contributed by atoms with Crippen LogP contribution in [0.15, 0.2) is 11.5 Å². The normalized spacial score (nSPS) is 12.5. The fourth-order valence-electron chi connectivity index (χ4n) is 1.11. The third kappa shape index (κ3) is 3.74. The molecule has 0 aliphatic carbocycles. The van der Waals surface area contributed by atoms with E-state index in [1.165, 1.54) is 11.8 Å². The summed E-state index contributed by atoms with van der Waals surface area (Å²) in [6.45, 7) is 5.64. The van der Waals surface area contributed by atoms with E-state index < -0.39 is 17.2 Å². The lowest BCUT2D eigenvalue weighted by Gasteiger charge is -2.12. The molecule has 1 atom stereocenters. The summed E-state index contributed by atoms with van der Waals surface area (Å²) in [6.07, 6.45) is 1.60. The van der Waals surface area contributed by atoms with Crippen molar-refractivity contribution >= 4 is 23.7 Å². The van der Waals surface area contributed by atoms with Gasteiger partial charge in [-0.05, 0) is 20.8 Å². The number of nitrogens with one attached hydrogen (secondary N) is 1. The Hall–Kier alpha value is -1.57. The van der Waals surface area contributed by atoms with Crippen molar-refractivity contribution in [2.45, 2.75) is 37.2 Å². The molecule has 94 valence electrons. The molecule has 3 N–H and O–H groups in total. The number of carbonyl (C=O) groups is 2. The molecule has 0 saturated carbocycles. The summed E-state index contributed by atoms with van der Waals surface area (Å²) < 4.78 is 1.85. The molecule has 0 aliphatic heterocycles. The molecule has 1 heterocycles. The number of nitrogens with two attached hydrogens (primary N) is 1. The average Bonchev–Trinajstić information content (AvgIpc) is 2.64. The molecule has 0 bridgehead atoms. The number of imide groups is 1. The number of aromatic nitrogens is 3. The minimum absolute atomic E-state index is 0.207. The number of carbonyl (C=O) groups excluding carboxylic acids is 2. The highest BCUT2D eigenvalue weighted by molar-refractivity contribution is 8.00. The number of rotatable bonds is 4. The van der Waals surface area contributed by atoms with Gasteiger partial charge in [-0.15, -0.1) is 10.2 Å². The van der Waals surface area contributed by atoms with Gasteiger partial charge in [0, 0.05) is 6.04 Å². The van der Waals surface area contributed by atoms with Gasteiger partial charge in [0.05, 0.1) is 5.25 Å². The molecule has 1 aromatic heterocycles. The van der Waals surface area contributed by atoms with Crippen LogP contribution in [0.1, 0.15) is 26.8 Å². The van der Waals surface area contributed by atoms with Crippen molar-refractivity contribution in [3.63, 3.8) is 0 Å². The van der Waals surface area contributed by atoms with Crippen LogP contribution in [0.2, 0.25) is 0 Å². The monoisotopic (exact) mass is 257 g/mol. The quantitative estimate of drug-likeness (QED) is 0.766. The van der Waals surface area contributed by atoms with E-state index in [2.05, 4.69) is 10.2 Å². The maximum absolute atomic E-state index is 11.5. The highest BCUT2D eigenvalue weighted by atomic mass is 32.2. The topological polar surface area (TPSA) is 103 Å². The first kappa shape index (κ1) is 13.5. The van der Waals surface area contributed by atoms with E-state index in [1.54, 1.807) is 13.3 Å². The number of urea groups is 1. The highest BCUT2D eigenvalue weighted by Gasteiger charge is 2.19. The van der Waals surface area contributed by atoms with Crippen LogP contribution in [-0.4, -0.2) is 32.0 Å². The van der Waals surface area contributed by atoms with Gasteiger partial charge in [0.2, 0.25) is 5.91 Å². The summed E-state index contributed by atoms with van der Waals surface area (Å²) in [4.78, 5) is 22.0. The predicted molar refractivity (Wildman–Crippen MR) is 63.5 cm³/mol. The zero-order chi connectivity index (χ0) is 13.0. The Morgan fingerprint density at radius 1 is 1.47 bits per heavy atom. The van der Waals surface area contributed by atoms with Gasteiger partial charge < -0.3 is 10.3 Å². The lowest BCUT2D eigenvalue weighted by Crippen LogP contribution is -2.39. The van der Waals surface area contributed by atoms with Crippen LogP contribution in [0.25, 0.3) is 0 Å². The summed E-state index contributed by atoms with van der Waals surface area (Å²) in [7, 11) is 0. The van der Waals surface area contributed by atoms with Crippen LogP contribution < -0.4 is 11.1 Å². The third-order valence-electron chi connectivity index (χ3n) is 1.99. The van der Waals surface area contributed by atoms with Crippen LogP contribution in [0, 0.1) is 0 Å². The molecule has 0 unspecified atom stereocenters. The van der Waals surface area contributed by atoms with Crippen molar-refractivity contribution in [1.82, 2.24) is 20.1 Å². The minimum atomic E-state index is -0.854. The second-order valence-electron chi connectivity index (χ2n) is 3.73. The van der Waals surface area contributed by atoms with Gasteiger partial charge in [0.15, 0.2) is 5.16 Å². The third-order valence-corrected chi connectivity index (χ3v) is 3.07. The first-order valence-corrected chi connectivity index (χ1v) is 5.96. The summed E-state index contributed by atoms with van der Waals surface area (Å²) in [6, 6.07) is -0.647. The SMILES string of the molecule is CC(C)n1cnnc1S[C@H](C)C(=O)NC(N)=O. The molecule has 8 heteroatoms. The molecule has 3 amide bonds. The van der Waals surface area contributed by atoms with E-state index in [9.17, 15) is 9.59 Å². The predicted octanol–water partition coefficient (Wildman–Crippen LogP) is 0.534. The molecule has 0 fully saturated rings. The van der Waals surface area contributed by atoms with E-state index in [4.69, 9.17) is 5.73 Å². The molecule has 0 spiro atoms. The zero-order valence-corrected chi connectivity index (χ0v) is 10.7. The molecule has 1 aromatic rings. The Morgan fingerprint density at radius 2 is 2.12 bits per heavy atom. The molecule has 17 heavy (non-hydrogen) atoms. The van der Waals surface area contributed by atoms with Gasteiger partial charge in [-0.1, -0.05) is 11.8 Å². The fourth-order valence-corrected chi connectivity index (χ4v) is 2.06. The van der Waals surface area contributed by atoms with Crippen LogP contribution in [0.5, 0.6) is 0 Å². The number of thioether (sulfide) groups is 1. The van der Waals surface area contributed by atoms with Gasteiger partial charge in [0.1, 0.15) is 6.33 Å². The summed E-state index contributed by atoms with van der Waals surface area (Å²) >= 11 is 1.22. The number of amides is 3. The van der Waals surface area contributed by atoms with Crippen LogP contribution in [0.3, 0.4) is 0 Å². The Morgan fingerprint density at radius 3 is 2.65 bits per heavy atom. The molecule has 0 saturated heterocycles. The lowest BCUT2D eigenvalue weighted by molar-refractivity contribution is -0.119. The van der Waals surface area contributed by atoms with Crippen LogP contribution in [0.4, 0.5) is 4.79 Å². The van der Waals surface area contributed by atoms with E-state index in [0.29, 0.717) is 5.16 Å². The maximum Gasteiger partial charge on any atom is 0.318 e. The van der Waals surface area contributed by atoms with Crippen molar-refractivity contribution in [3.05, 3.63) is 6.33 Å². The number of hydrogen-bond acceptors (Lipinski definition) is 5. The van der Waals surface area contributed by atoms with Gasteiger partial charge >= 0.3 is 6.03 Å². The van der Waals surface area contributed by atoms with Gasteiger partial charge in [0.25, 0.3) is 0 Å². The smallest absolute Gasteiger partial charge is 0.318 e. The first-order chi connectivity index (χ1) is 7.91. The van der Waals surface area contributed by atoms with E-state index in [-0.39, 0.29) is 6.04 Å². The fraction of sp³-hybridized carbons (Fsp3) is 0.556. The van der Waals surface area contributed by atoms with E-state index in [0.717, 1.165) is 0 Å². The van der Waals surface area contributed by atoms with Crippen molar-refractivity contribution in [3.8, 4) is 0 Å². The van der Waals surface area contributed by atoms with Crippen molar-refractivity contribution in [1.29, 1.82) is 0 Å². The second-order valence-corrected chi connectivity index (χ2v) is 5.04. The molecular weight excluding hydrogens is 242 g/mol. The van der Waals surface area contributed by atoms with Crippen molar-refractivity contribution < 1.29 is 9.59 Å². The summed E-state index contributed by atoms with van der Waals surface area (Å²) in [5, 5.41) is 9.89. The average molecular weight is 257 g/mol. The molecule has 1 rings (SSSR count). The zero-order valence-electron chi connectivity index (χ0n) is 9.88. The van der Waals surface area contributed by atoms with Crippen LogP contribution in [-0.2, 0) is 4.79 Å². The Bertz CT molecular complexity index is 417. The molecule has 0 aliphatic rings. The Labute approximate surface area is 103 Å². The van der Waals surface area contributed by atoms with E-state index in [1.807, 2.05) is 23.7 Å². The molecule has 7 nitrogen and oxygen atoms in total. The highest BCUT2D eigenvalue weighted by Crippen LogP contribution is 2.23. The Balaban J connectivity index is 2.67. The van der Waals surface area contributed by atoms with Crippen molar-refractivity contribution in [2.75, 3.05) is 0 Å². The van der Waals surface area contributed by atoms with E-state index >= 15 is 0 Å². The van der Waals surface area contributed by atoms with Gasteiger partial charge in [-0.3, -0.25) is 10.1 Å². The number of nitrogens with zero attached hydrogens (tertiary/aromatic N) is 3. The second kappa shape index (κ2) is 5.67. The van der Waals surface area contributed by atoms with Crippen LogP contribution >= 0.6 is 11.8 Å². The largest absolute Gasteiger partial charge is 0.351 e. The molecular formula is C9H15N5O2S. The number of hydrogen-bond donors (Lipinski definition) is 2. The minimum Gasteiger partial charge on any atom is -0.351 e. The Kier molecular flexibility index (Phi) is 4.50. The summed E-state index contributed by atoms with van der Waals surface area (Å²) in [5.74, 6) is -0.444. The maximum atomic E-state index is 11.5.